The van der Waals surface area contributed by atoms with Gasteiger partial charge in [0.05, 0.1) is 6.42 Å². The molecule has 0 spiro atoms. The Morgan fingerprint density at radius 1 is 1.33 bits per heavy atom. The highest BCUT2D eigenvalue weighted by Gasteiger charge is 2.35. The fraction of sp³-hybridized carbons (Fsp3) is 0.571. The molecule has 1 aliphatic heterocycles. The third-order valence-electron chi connectivity index (χ3n) is 3.39. The van der Waals surface area contributed by atoms with Crippen LogP contribution in [0.5, 0.6) is 0 Å². The van der Waals surface area contributed by atoms with Crippen LogP contribution in [0.2, 0.25) is 0 Å². The zero-order chi connectivity index (χ0) is 13.2. The highest BCUT2D eigenvalue weighted by molar-refractivity contribution is 5.59. The molecule has 0 amide bonds. The number of hydrogen-bond acceptors (Lipinski definition) is 1. The lowest BCUT2D eigenvalue weighted by molar-refractivity contribution is -0.137. The van der Waals surface area contributed by atoms with E-state index < -0.39 is 18.5 Å². The number of halogens is 3. The normalized spacial score (nSPS) is 18.6. The molecule has 0 radical (unpaired) electrons. The Balaban J connectivity index is 2.14. The molecule has 1 aromatic rings. The molecule has 1 heterocycles. The minimum Gasteiger partial charge on any atom is -0.384 e. The smallest absolute Gasteiger partial charge is 0.384 e. The van der Waals surface area contributed by atoms with Crippen molar-refractivity contribution in [1.29, 1.82) is 0 Å². The van der Waals surface area contributed by atoms with Gasteiger partial charge in [0.1, 0.15) is 0 Å². The van der Waals surface area contributed by atoms with Crippen LogP contribution in [-0.2, 0) is 6.42 Å². The molecular weight excluding hydrogens is 239 g/mol. The Morgan fingerprint density at radius 3 is 2.78 bits per heavy atom. The fourth-order valence-corrected chi connectivity index (χ4v) is 2.45. The zero-order valence-corrected chi connectivity index (χ0v) is 10.5. The van der Waals surface area contributed by atoms with Crippen molar-refractivity contribution < 1.29 is 13.2 Å². The van der Waals surface area contributed by atoms with Gasteiger partial charge in [-0.1, -0.05) is 25.5 Å². The van der Waals surface area contributed by atoms with E-state index >= 15 is 0 Å². The zero-order valence-electron chi connectivity index (χ0n) is 10.5. The molecule has 100 valence electrons. The molecule has 18 heavy (non-hydrogen) atoms. The maximum absolute atomic E-state index is 12.5. The first-order chi connectivity index (χ1) is 8.49. The lowest BCUT2D eigenvalue weighted by Crippen LogP contribution is -2.15. The second-order valence-electron chi connectivity index (χ2n) is 4.92. The molecule has 0 fully saturated rings. The SMILES string of the molecule is CCCCc1ccc2c(c1)C(CC(F)(F)F)CN2. The minimum atomic E-state index is -4.09. The summed E-state index contributed by atoms with van der Waals surface area (Å²) in [7, 11) is 0. The van der Waals surface area contributed by atoms with Crippen molar-refractivity contribution in [3.8, 4) is 0 Å². The summed E-state index contributed by atoms with van der Waals surface area (Å²) in [6, 6.07) is 5.87. The summed E-state index contributed by atoms with van der Waals surface area (Å²) in [5, 5.41) is 3.06. The summed E-state index contributed by atoms with van der Waals surface area (Å²) < 4.78 is 37.4. The quantitative estimate of drug-likeness (QED) is 0.838. The Kier molecular flexibility index (Phi) is 3.83. The first kappa shape index (κ1) is 13.2. The van der Waals surface area contributed by atoms with Crippen LogP contribution in [0.25, 0.3) is 0 Å². The summed E-state index contributed by atoms with van der Waals surface area (Å²) >= 11 is 0. The Hall–Kier alpha value is -1.19. The van der Waals surface area contributed by atoms with E-state index in [0.717, 1.165) is 36.1 Å². The van der Waals surface area contributed by atoms with Crippen LogP contribution >= 0.6 is 0 Å². The van der Waals surface area contributed by atoms with E-state index in [4.69, 9.17) is 0 Å². The van der Waals surface area contributed by atoms with Crippen LogP contribution in [0.3, 0.4) is 0 Å². The summed E-state index contributed by atoms with van der Waals surface area (Å²) in [6.07, 6.45) is -1.70. The first-order valence-corrected chi connectivity index (χ1v) is 6.43. The van der Waals surface area contributed by atoms with Crippen molar-refractivity contribution in [1.82, 2.24) is 0 Å². The Labute approximate surface area is 105 Å². The number of aryl methyl sites for hydroxylation is 1. The van der Waals surface area contributed by atoms with Gasteiger partial charge in [0.15, 0.2) is 0 Å². The number of fused-ring (bicyclic) bond motifs is 1. The van der Waals surface area contributed by atoms with Crippen LogP contribution in [-0.4, -0.2) is 12.7 Å². The summed E-state index contributed by atoms with van der Waals surface area (Å²) in [5.41, 5.74) is 2.84. The monoisotopic (exact) mass is 257 g/mol. The molecule has 0 saturated carbocycles. The van der Waals surface area contributed by atoms with E-state index in [9.17, 15) is 13.2 Å². The van der Waals surface area contributed by atoms with Gasteiger partial charge in [-0.3, -0.25) is 0 Å². The molecular formula is C14H18F3N. The standard InChI is InChI=1S/C14H18F3N/c1-2-3-4-10-5-6-13-12(7-10)11(9-18-13)8-14(15,16)17/h5-7,11,18H,2-4,8-9H2,1H3. The molecule has 1 N–H and O–H groups in total. The predicted molar refractivity (Wildman–Crippen MR) is 67.0 cm³/mol. The number of nitrogens with one attached hydrogen (secondary N) is 1. The molecule has 1 atom stereocenters. The van der Waals surface area contributed by atoms with E-state index in [-0.39, 0.29) is 0 Å². The molecule has 1 unspecified atom stereocenters. The van der Waals surface area contributed by atoms with Crippen LogP contribution in [0, 0.1) is 0 Å². The number of unbranched alkanes of at least 4 members (excludes halogenated alkanes) is 1. The lowest BCUT2D eigenvalue weighted by atomic mass is 9.95. The van der Waals surface area contributed by atoms with Gasteiger partial charge in [0.25, 0.3) is 0 Å². The molecule has 0 aliphatic carbocycles. The van der Waals surface area contributed by atoms with E-state index in [1.165, 1.54) is 0 Å². The molecule has 0 saturated heterocycles. The van der Waals surface area contributed by atoms with Gasteiger partial charge in [0.2, 0.25) is 0 Å². The molecule has 4 heteroatoms. The average molecular weight is 257 g/mol. The maximum atomic E-state index is 12.5. The van der Waals surface area contributed by atoms with E-state index in [2.05, 4.69) is 12.2 Å². The van der Waals surface area contributed by atoms with Crippen LogP contribution < -0.4 is 5.32 Å². The molecule has 0 aromatic heterocycles. The third kappa shape index (κ3) is 3.18. The number of benzene rings is 1. The molecule has 2 rings (SSSR count). The average Bonchev–Trinajstić information content (AvgIpc) is 2.67. The Bertz CT molecular complexity index is 412. The van der Waals surface area contributed by atoms with Gasteiger partial charge in [-0.05, 0) is 30.0 Å². The van der Waals surface area contributed by atoms with Crippen molar-refractivity contribution >= 4 is 5.69 Å². The van der Waals surface area contributed by atoms with Gasteiger partial charge in [-0.2, -0.15) is 13.2 Å². The second-order valence-corrected chi connectivity index (χ2v) is 4.92. The summed E-state index contributed by atoms with van der Waals surface area (Å²) in [4.78, 5) is 0. The highest BCUT2D eigenvalue weighted by Crippen LogP contribution is 2.39. The van der Waals surface area contributed by atoms with Gasteiger partial charge in [-0.15, -0.1) is 0 Å². The largest absolute Gasteiger partial charge is 0.389 e. The van der Waals surface area contributed by atoms with Crippen molar-refractivity contribution in [2.45, 2.75) is 44.7 Å². The van der Waals surface area contributed by atoms with Crippen LogP contribution in [0.15, 0.2) is 18.2 Å². The van der Waals surface area contributed by atoms with Gasteiger partial charge < -0.3 is 5.32 Å². The molecule has 0 bridgehead atoms. The fourth-order valence-electron chi connectivity index (χ4n) is 2.45. The van der Waals surface area contributed by atoms with Gasteiger partial charge in [0, 0.05) is 18.2 Å². The van der Waals surface area contributed by atoms with Crippen LogP contribution in [0.1, 0.15) is 43.2 Å². The number of alkyl halides is 3. The topological polar surface area (TPSA) is 12.0 Å². The molecule has 1 nitrogen and oxygen atoms in total. The van der Waals surface area contributed by atoms with E-state index in [0.29, 0.717) is 6.54 Å². The number of hydrogen-bond donors (Lipinski definition) is 1. The molecule has 1 aromatic carbocycles. The van der Waals surface area contributed by atoms with E-state index in [1.54, 1.807) is 0 Å². The van der Waals surface area contributed by atoms with Gasteiger partial charge >= 0.3 is 6.18 Å². The summed E-state index contributed by atoms with van der Waals surface area (Å²) in [6.45, 7) is 2.51. The number of rotatable bonds is 4. The van der Waals surface area contributed by atoms with Crippen molar-refractivity contribution in [2.75, 3.05) is 11.9 Å². The number of anilines is 1. The maximum Gasteiger partial charge on any atom is 0.389 e. The summed E-state index contributed by atoms with van der Waals surface area (Å²) in [5.74, 6) is -0.429. The van der Waals surface area contributed by atoms with Gasteiger partial charge in [-0.25, -0.2) is 0 Å². The van der Waals surface area contributed by atoms with Crippen molar-refractivity contribution in [3.05, 3.63) is 29.3 Å². The minimum absolute atomic E-state index is 0.395. The lowest BCUT2D eigenvalue weighted by Gasteiger charge is -2.13. The van der Waals surface area contributed by atoms with Crippen LogP contribution in [0.4, 0.5) is 18.9 Å². The second kappa shape index (κ2) is 5.21. The van der Waals surface area contributed by atoms with Crippen molar-refractivity contribution in [3.63, 3.8) is 0 Å². The Morgan fingerprint density at radius 2 is 2.11 bits per heavy atom. The molecule has 1 aliphatic rings. The first-order valence-electron chi connectivity index (χ1n) is 6.43. The predicted octanol–water partition coefficient (Wildman–Crippen LogP) is 4.49. The third-order valence-corrected chi connectivity index (χ3v) is 3.39. The van der Waals surface area contributed by atoms with E-state index in [1.807, 2.05) is 18.2 Å². The highest BCUT2D eigenvalue weighted by atomic mass is 19.4. The van der Waals surface area contributed by atoms with Crippen molar-refractivity contribution in [2.24, 2.45) is 0 Å².